The summed E-state index contributed by atoms with van der Waals surface area (Å²) in [6.45, 7) is 8.32. The van der Waals surface area contributed by atoms with Gasteiger partial charge in [0.25, 0.3) is 0 Å². The molecular weight excluding hydrogens is 200 g/mol. The molecule has 0 aromatic rings. The Morgan fingerprint density at radius 3 is 2.81 bits per heavy atom. The molecule has 3 unspecified atom stereocenters. The van der Waals surface area contributed by atoms with Gasteiger partial charge in [0, 0.05) is 19.2 Å². The normalized spacial score (nSPS) is 26.6. The molecule has 0 amide bonds. The topological polar surface area (TPSA) is 35.5 Å². The summed E-state index contributed by atoms with van der Waals surface area (Å²) < 4.78 is 0. The Hall–Kier alpha value is -0.120. The van der Waals surface area contributed by atoms with Crippen LogP contribution in [0.4, 0.5) is 0 Å². The molecule has 1 fully saturated rings. The first-order valence-corrected chi connectivity index (χ1v) is 6.66. The second-order valence-electron chi connectivity index (χ2n) is 5.48. The Morgan fingerprint density at radius 1 is 1.44 bits per heavy atom. The second kappa shape index (κ2) is 7.25. The lowest BCUT2D eigenvalue weighted by molar-refractivity contribution is 0.175. The molecule has 3 nitrogen and oxygen atoms in total. The van der Waals surface area contributed by atoms with E-state index in [9.17, 15) is 0 Å². The molecule has 0 spiro atoms. The third-order valence-electron chi connectivity index (χ3n) is 3.78. The average Bonchev–Trinajstić information content (AvgIpc) is 2.26. The Bertz CT molecular complexity index is 187. The van der Waals surface area contributed by atoms with Crippen molar-refractivity contribution >= 4 is 0 Å². The number of nitrogens with one attached hydrogen (secondary N) is 1. The van der Waals surface area contributed by atoms with Crippen LogP contribution in [0.3, 0.4) is 0 Å². The largest absolute Gasteiger partial charge is 0.396 e. The number of nitrogens with zero attached hydrogens (tertiary/aromatic N) is 1. The van der Waals surface area contributed by atoms with Crippen LogP contribution in [0.15, 0.2) is 0 Å². The average molecular weight is 228 g/mol. The van der Waals surface area contributed by atoms with Crippen LogP contribution >= 0.6 is 0 Å². The molecule has 2 N–H and O–H groups in total. The van der Waals surface area contributed by atoms with Crippen LogP contribution in [0, 0.1) is 11.8 Å². The molecule has 0 bridgehead atoms. The summed E-state index contributed by atoms with van der Waals surface area (Å²) in [5.74, 6) is 1.37. The maximum atomic E-state index is 8.85. The first kappa shape index (κ1) is 13.9. The molecule has 1 aliphatic heterocycles. The second-order valence-corrected chi connectivity index (χ2v) is 5.48. The molecule has 1 saturated heterocycles. The van der Waals surface area contributed by atoms with Crippen LogP contribution in [0.2, 0.25) is 0 Å². The van der Waals surface area contributed by atoms with Gasteiger partial charge >= 0.3 is 0 Å². The minimum absolute atomic E-state index is 0.309. The Kier molecular flexibility index (Phi) is 6.32. The van der Waals surface area contributed by atoms with Gasteiger partial charge in [-0.1, -0.05) is 6.92 Å². The van der Waals surface area contributed by atoms with Crippen LogP contribution in [-0.4, -0.2) is 49.3 Å². The lowest BCUT2D eigenvalue weighted by atomic mass is 9.91. The van der Waals surface area contributed by atoms with Crippen molar-refractivity contribution in [2.75, 3.05) is 33.3 Å². The van der Waals surface area contributed by atoms with Crippen LogP contribution in [0.5, 0.6) is 0 Å². The van der Waals surface area contributed by atoms with Crippen molar-refractivity contribution in [2.24, 2.45) is 11.8 Å². The van der Waals surface area contributed by atoms with Gasteiger partial charge in [0.15, 0.2) is 0 Å². The van der Waals surface area contributed by atoms with Gasteiger partial charge in [0.2, 0.25) is 0 Å². The van der Waals surface area contributed by atoms with Crippen molar-refractivity contribution in [2.45, 2.75) is 39.2 Å². The van der Waals surface area contributed by atoms with Crippen LogP contribution < -0.4 is 5.32 Å². The van der Waals surface area contributed by atoms with Gasteiger partial charge < -0.3 is 15.3 Å². The first-order valence-electron chi connectivity index (χ1n) is 6.66. The number of rotatable bonds is 6. The molecule has 96 valence electrons. The predicted molar refractivity (Wildman–Crippen MR) is 68.6 cm³/mol. The quantitative estimate of drug-likeness (QED) is 0.720. The number of piperidine rings is 1. The summed E-state index contributed by atoms with van der Waals surface area (Å²) in [6.07, 6.45) is 3.59. The molecular formula is C13H28N2O. The van der Waals surface area contributed by atoms with E-state index >= 15 is 0 Å². The summed E-state index contributed by atoms with van der Waals surface area (Å²) in [4.78, 5) is 2.43. The zero-order chi connectivity index (χ0) is 12.0. The Labute approximate surface area is 100 Å². The minimum atomic E-state index is 0.309. The third kappa shape index (κ3) is 4.81. The molecule has 1 rings (SSSR count). The van der Waals surface area contributed by atoms with Crippen molar-refractivity contribution in [3.63, 3.8) is 0 Å². The number of likely N-dealkylation sites (tertiary alicyclic amines) is 1. The van der Waals surface area contributed by atoms with Gasteiger partial charge in [0.05, 0.1) is 0 Å². The van der Waals surface area contributed by atoms with Crippen molar-refractivity contribution < 1.29 is 5.11 Å². The van der Waals surface area contributed by atoms with Crippen LogP contribution in [0.25, 0.3) is 0 Å². The zero-order valence-corrected chi connectivity index (χ0v) is 11.1. The summed E-state index contributed by atoms with van der Waals surface area (Å²) in [6, 6.07) is 0.601. The summed E-state index contributed by atoms with van der Waals surface area (Å²) in [5.41, 5.74) is 0. The van der Waals surface area contributed by atoms with Crippen molar-refractivity contribution in [3.8, 4) is 0 Å². The van der Waals surface area contributed by atoms with E-state index in [0.717, 1.165) is 18.9 Å². The fraction of sp³-hybridized carbons (Fsp3) is 1.00. The zero-order valence-electron chi connectivity index (χ0n) is 11.1. The molecule has 3 atom stereocenters. The van der Waals surface area contributed by atoms with E-state index in [0.29, 0.717) is 18.6 Å². The summed E-state index contributed by atoms with van der Waals surface area (Å²) >= 11 is 0. The summed E-state index contributed by atoms with van der Waals surface area (Å²) in [5, 5.41) is 12.5. The highest BCUT2D eigenvalue weighted by Crippen LogP contribution is 2.18. The fourth-order valence-electron chi connectivity index (χ4n) is 2.49. The molecule has 0 saturated carbocycles. The monoisotopic (exact) mass is 228 g/mol. The maximum absolute atomic E-state index is 8.85. The molecule has 3 heteroatoms. The van der Waals surface area contributed by atoms with E-state index in [2.05, 4.69) is 31.1 Å². The minimum Gasteiger partial charge on any atom is -0.396 e. The van der Waals surface area contributed by atoms with Gasteiger partial charge in [-0.15, -0.1) is 0 Å². The van der Waals surface area contributed by atoms with Gasteiger partial charge in [0.1, 0.15) is 0 Å². The van der Waals surface area contributed by atoms with Gasteiger partial charge in [-0.25, -0.2) is 0 Å². The highest BCUT2D eigenvalue weighted by molar-refractivity contribution is 4.79. The number of hydrogen-bond donors (Lipinski definition) is 2. The van der Waals surface area contributed by atoms with Gasteiger partial charge in [-0.2, -0.15) is 0 Å². The Morgan fingerprint density at radius 2 is 2.19 bits per heavy atom. The van der Waals surface area contributed by atoms with Gasteiger partial charge in [-0.05, 0) is 58.2 Å². The van der Waals surface area contributed by atoms with E-state index in [1.54, 1.807) is 0 Å². The number of aliphatic hydroxyl groups excluding tert-OH is 1. The molecule has 16 heavy (non-hydrogen) atoms. The molecule has 0 aromatic heterocycles. The molecule has 0 aliphatic carbocycles. The molecule has 0 aromatic carbocycles. The highest BCUT2D eigenvalue weighted by Gasteiger charge is 2.22. The van der Waals surface area contributed by atoms with Gasteiger partial charge in [-0.3, -0.25) is 0 Å². The van der Waals surface area contributed by atoms with E-state index < -0.39 is 0 Å². The standard InChI is InChI=1S/C13H28N2O/c1-11(6-8-16)9-14-12(2)13-5-4-7-15(3)10-13/h11-14,16H,4-10H2,1-3H3. The van der Waals surface area contributed by atoms with E-state index in [-0.39, 0.29) is 0 Å². The smallest absolute Gasteiger partial charge is 0.0434 e. The van der Waals surface area contributed by atoms with Crippen LogP contribution in [0.1, 0.15) is 33.1 Å². The lowest BCUT2D eigenvalue weighted by Crippen LogP contribution is -2.44. The van der Waals surface area contributed by atoms with Crippen LogP contribution in [-0.2, 0) is 0 Å². The molecule has 1 aliphatic rings. The number of hydrogen-bond acceptors (Lipinski definition) is 3. The maximum Gasteiger partial charge on any atom is 0.0434 e. The summed E-state index contributed by atoms with van der Waals surface area (Å²) in [7, 11) is 2.22. The predicted octanol–water partition coefficient (Wildman–Crippen LogP) is 1.32. The molecule has 0 radical (unpaired) electrons. The fourth-order valence-corrected chi connectivity index (χ4v) is 2.49. The van der Waals surface area contributed by atoms with Crippen molar-refractivity contribution in [1.29, 1.82) is 0 Å². The Balaban J connectivity index is 2.20. The van der Waals surface area contributed by atoms with Crippen molar-refractivity contribution in [1.82, 2.24) is 10.2 Å². The lowest BCUT2D eigenvalue weighted by Gasteiger charge is -2.34. The van der Waals surface area contributed by atoms with E-state index in [1.807, 2.05) is 0 Å². The third-order valence-corrected chi connectivity index (χ3v) is 3.78. The first-order chi connectivity index (χ1) is 7.63. The SMILES string of the molecule is CC(CCO)CNC(C)C1CCCN(C)C1. The van der Waals surface area contributed by atoms with Crippen molar-refractivity contribution in [3.05, 3.63) is 0 Å². The van der Waals surface area contributed by atoms with E-state index in [4.69, 9.17) is 5.11 Å². The highest BCUT2D eigenvalue weighted by atomic mass is 16.3. The number of aliphatic hydroxyl groups is 1. The van der Waals surface area contributed by atoms with E-state index in [1.165, 1.54) is 25.9 Å². The molecule has 1 heterocycles.